The number of carbonyl (C=O) groups excluding carboxylic acids is 1. The summed E-state index contributed by atoms with van der Waals surface area (Å²) in [6.45, 7) is 1.01. The lowest BCUT2D eigenvalue weighted by molar-refractivity contribution is 0.0950. The number of aliphatic hydroxyl groups excluding tert-OH is 1. The first-order valence-electron chi connectivity index (χ1n) is 7.99. The molecule has 1 aliphatic carbocycles. The summed E-state index contributed by atoms with van der Waals surface area (Å²) < 4.78 is 5.55. The molecule has 0 saturated heterocycles. The molecule has 21 heavy (non-hydrogen) atoms. The van der Waals surface area contributed by atoms with E-state index < -0.39 is 6.10 Å². The summed E-state index contributed by atoms with van der Waals surface area (Å²) >= 11 is 0. The Balaban J connectivity index is 1.83. The van der Waals surface area contributed by atoms with Crippen LogP contribution in [0.5, 0.6) is 5.75 Å². The Morgan fingerprint density at radius 1 is 1.19 bits per heavy atom. The summed E-state index contributed by atoms with van der Waals surface area (Å²) in [4.78, 5) is 12.0. The van der Waals surface area contributed by atoms with Crippen LogP contribution in [0.2, 0.25) is 0 Å². The summed E-state index contributed by atoms with van der Waals surface area (Å²) in [5, 5.41) is 13.5. The molecule has 0 bridgehead atoms. The number of amides is 1. The van der Waals surface area contributed by atoms with E-state index in [1.807, 2.05) is 12.1 Å². The molecule has 1 unspecified atom stereocenters. The zero-order valence-electron chi connectivity index (χ0n) is 12.3. The van der Waals surface area contributed by atoms with Gasteiger partial charge in [-0.1, -0.05) is 31.7 Å². The average molecular weight is 289 g/mol. The third kappa shape index (κ3) is 3.21. The molecule has 0 aromatic heterocycles. The van der Waals surface area contributed by atoms with Crippen molar-refractivity contribution in [2.24, 2.45) is 5.92 Å². The fraction of sp³-hybridized carbons (Fsp3) is 0.588. The van der Waals surface area contributed by atoms with E-state index in [-0.39, 0.29) is 5.91 Å². The Bertz CT molecular complexity index is 507. The van der Waals surface area contributed by atoms with E-state index in [1.165, 1.54) is 25.7 Å². The van der Waals surface area contributed by atoms with Gasteiger partial charge in [-0.3, -0.25) is 4.79 Å². The van der Waals surface area contributed by atoms with E-state index in [9.17, 15) is 9.90 Å². The molecule has 0 spiro atoms. The van der Waals surface area contributed by atoms with E-state index in [4.69, 9.17) is 4.74 Å². The highest BCUT2D eigenvalue weighted by Crippen LogP contribution is 2.35. The van der Waals surface area contributed by atoms with Crippen molar-refractivity contribution in [3.63, 3.8) is 0 Å². The Labute approximate surface area is 125 Å². The highest BCUT2D eigenvalue weighted by Gasteiger charge is 2.24. The van der Waals surface area contributed by atoms with Gasteiger partial charge >= 0.3 is 0 Å². The van der Waals surface area contributed by atoms with E-state index in [0.717, 1.165) is 18.4 Å². The number of fused-ring (bicyclic) bond motifs is 1. The molecule has 2 aliphatic rings. The van der Waals surface area contributed by atoms with Gasteiger partial charge < -0.3 is 15.2 Å². The van der Waals surface area contributed by atoms with Gasteiger partial charge in [0.1, 0.15) is 12.4 Å². The smallest absolute Gasteiger partial charge is 0.255 e. The second-order valence-corrected chi connectivity index (χ2v) is 6.06. The Kier molecular flexibility index (Phi) is 4.44. The molecule has 4 heteroatoms. The average Bonchev–Trinajstić information content (AvgIpc) is 2.88. The highest BCUT2D eigenvalue weighted by atomic mass is 16.5. The quantitative estimate of drug-likeness (QED) is 0.823. The summed E-state index contributed by atoms with van der Waals surface area (Å²) in [6, 6.07) is 5.51. The Morgan fingerprint density at radius 3 is 2.71 bits per heavy atom. The van der Waals surface area contributed by atoms with Gasteiger partial charge in [0, 0.05) is 0 Å². The Hall–Kier alpha value is -1.55. The van der Waals surface area contributed by atoms with Crippen LogP contribution in [-0.4, -0.2) is 24.2 Å². The van der Waals surface area contributed by atoms with Crippen LogP contribution in [0, 0.1) is 5.92 Å². The fourth-order valence-corrected chi connectivity index (χ4v) is 3.35. The van der Waals surface area contributed by atoms with Gasteiger partial charge in [-0.15, -0.1) is 0 Å². The highest BCUT2D eigenvalue weighted by molar-refractivity contribution is 5.97. The van der Waals surface area contributed by atoms with E-state index in [1.54, 1.807) is 6.07 Å². The first-order chi connectivity index (χ1) is 10.3. The van der Waals surface area contributed by atoms with Gasteiger partial charge in [0.2, 0.25) is 0 Å². The number of benzene rings is 1. The maximum Gasteiger partial charge on any atom is 0.255 e. The molecule has 1 fully saturated rings. The van der Waals surface area contributed by atoms with Gasteiger partial charge in [0.15, 0.2) is 0 Å². The molecule has 0 radical (unpaired) electrons. The van der Waals surface area contributed by atoms with Crippen molar-refractivity contribution < 1.29 is 14.6 Å². The molecule has 1 aromatic carbocycles. The standard InChI is InChI=1S/C17H23NO3/c19-16(12-5-3-1-2-4-6-12)13-7-8-15-14(11-13)17(20)18-9-10-21-15/h7-8,11-12,16,19H,1-6,9-10H2,(H,18,20). The first-order valence-corrected chi connectivity index (χ1v) is 7.99. The summed E-state index contributed by atoms with van der Waals surface area (Å²) in [6.07, 6.45) is 6.58. The second kappa shape index (κ2) is 6.48. The molecule has 4 nitrogen and oxygen atoms in total. The van der Waals surface area contributed by atoms with Crippen LogP contribution in [0.3, 0.4) is 0 Å². The minimum absolute atomic E-state index is 0.114. The monoisotopic (exact) mass is 289 g/mol. The summed E-state index contributed by atoms with van der Waals surface area (Å²) in [7, 11) is 0. The molecule has 1 aromatic rings. The number of carbonyl (C=O) groups is 1. The number of aliphatic hydroxyl groups is 1. The normalized spacial score (nSPS) is 21.5. The number of nitrogens with one attached hydrogen (secondary N) is 1. The molecule has 1 aliphatic heterocycles. The van der Waals surface area contributed by atoms with Gasteiger partial charge in [0.25, 0.3) is 5.91 Å². The van der Waals surface area contributed by atoms with E-state index >= 15 is 0 Å². The SMILES string of the molecule is O=C1NCCOc2ccc(C(O)C3CCCCCC3)cc21. The maximum absolute atomic E-state index is 12.0. The van der Waals surface area contributed by atoms with Crippen LogP contribution in [0.15, 0.2) is 18.2 Å². The Morgan fingerprint density at radius 2 is 1.95 bits per heavy atom. The van der Waals surface area contributed by atoms with Gasteiger partial charge in [-0.25, -0.2) is 0 Å². The van der Waals surface area contributed by atoms with Crippen LogP contribution in [0.25, 0.3) is 0 Å². The van der Waals surface area contributed by atoms with Crippen molar-refractivity contribution in [2.45, 2.75) is 44.6 Å². The van der Waals surface area contributed by atoms with Crippen molar-refractivity contribution in [3.8, 4) is 5.75 Å². The molecule has 2 N–H and O–H groups in total. The minimum atomic E-state index is -0.482. The van der Waals surface area contributed by atoms with E-state index in [0.29, 0.717) is 30.4 Å². The topological polar surface area (TPSA) is 58.6 Å². The zero-order chi connectivity index (χ0) is 14.7. The summed E-state index contributed by atoms with van der Waals surface area (Å²) in [5.74, 6) is 0.805. The molecule has 3 rings (SSSR count). The van der Waals surface area contributed by atoms with Crippen LogP contribution >= 0.6 is 0 Å². The number of ether oxygens (including phenoxy) is 1. The molecule has 1 saturated carbocycles. The first kappa shape index (κ1) is 14.4. The van der Waals surface area contributed by atoms with Gasteiger partial charge in [-0.05, 0) is 36.5 Å². The van der Waals surface area contributed by atoms with Crippen molar-refractivity contribution in [2.75, 3.05) is 13.2 Å². The number of hydrogen-bond acceptors (Lipinski definition) is 3. The lowest BCUT2D eigenvalue weighted by Crippen LogP contribution is -2.24. The predicted octanol–water partition coefficient (Wildman–Crippen LogP) is 2.81. The molecule has 1 amide bonds. The van der Waals surface area contributed by atoms with Crippen molar-refractivity contribution in [1.29, 1.82) is 0 Å². The second-order valence-electron chi connectivity index (χ2n) is 6.06. The molecular weight excluding hydrogens is 266 g/mol. The fourth-order valence-electron chi connectivity index (χ4n) is 3.35. The minimum Gasteiger partial charge on any atom is -0.491 e. The largest absolute Gasteiger partial charge is 0.491 e. The van der Waals surface area contributed by atoms with Gasteiger partial charge in [0.05, 0.1) is 18.2 Å². The maximum atomic E-state index is 12.0. The van der Waals surface area contributed by atoms with Crippen LogP contribution in [0.1, 0.15) is 60.6 Å². The van der Waals surface area contributed by atoms with Crippen LogP contribution in [-0.2, 0) is 0 Å². The van der Waals surface area contributed by atoms with Crippen molar-refractivity contribution in [1.82, 2.24) is 5.32 Å². The number of rotatable bonds is 2. The zero-order valence-corrected chi connectivity index (χ0v) is 12.3. The lowest BCUT2D eigenvalue weighted by Gasteiger charge is -2.22. The third-order valence-electron chi connectivity index (χ3n) is 4.58. The van der Waals surface area contributed by atoms with Crippen LogP contribution < -0.4 is 10.1 Å². The third-order valence-corrected chi connectivity index (χ3v) is 4.58. The molecule has 1 atom stereocenters. The lowest BCUT2D eigenvalue weighted by atomic mass is 9.88. The predicted molar refractivity (Wildman–Crippen MR) is 80.4 cm³/mol. The van der Waals surface area contributed by atoms with Crippen molar-refractivity contribution >= 4 is 5.91 Å². The molecule has 114 valence electrons. The summed E-state index contributed by atoms with van der Waals surface area (Å²) in [5.41, 5.74) is 1.37. The molecular formula is C17H23NO3. The number of hydrogen-bond donors (Lipinski definition) is 2. The van der Waals surface area contributed by atoms with Gasteiger partial charge in [-0.2, -0.15) is 0 Å². The van der Waals surface area contributed by atoms with Crippen LogP contribution in [0.4, 0.5) is 0 Å². The molecule has 1 heterocycles. The van der Waals surface area contributed by atoms with Crippen molar-refractivity contribution in [3.05, 3.63) is 29.3 Å². The van der Waals surface area contributed by atoms with E-state index in [2.05, 4.69) is 5.32 Å².